The first-order valence-electron chi connectivity index (χ1n) is 11.1. The molecule has 2 aromatic carbocycles. The van der Waals surface area contributed by atoms with E-state index in [0.717, 1.165) is 5.56 Å². The summed E-state index contributed by atoms with van der Waals surface area (Å²) in [5.41, 5.74) is 2.21. The van der Waals surface area contributed by atoms with Gasteiger partial charge in [-0.2, -0.15) is 0 Å². The van der Waals surface area contributed by atoms with Crippen molar-refractivity contribution in [1.82, 2.24) is 15.5 Å². The van der Waals surface area contributed by atoms with E-state index in [9.17, 15) is 18.8 Å². The number of fused-ring (bicyclic) bond motifs is 1. The number of para-hydroxylation sites is 1. The Labute approximate surface area is 193 Å². The second kappa shape index (κ2) is 10.1. The van der Waals surface area contributed by atoms with Gasteiger partial charge in [-0.15, -0.1) is 0 Å². The van der Waals surface area contributed by atoms with Crippen LogP contribution in [-0.4, -0.2) is 41.8 Å². The monoisotopic (exact) mass is 454 g/mol. The Balaban J connectivity index is 1.93. The molecular weight excluding hydrogens is 423 g/mol. The Bertz CT molecular complexity index is 1040. The molecule has 1 aliphatic rings. The maximum atomic E-state index is 14.4. The van der Waals surface area contributed by atoms with Gasteiger partial charge in [0, 0.05) is 6.54 Å². The molecule has 0 spiro atoms. The number of hydrogen-bond donors (Lipinski definition) is 3. The Hall–Kier alpha value is -3.26. The Morgan fingerprint density at radius 3 is 2.39 bits per heavy atom. The molecule has 3 amide bonds. The summed E-state index contributed by atoms with van der Waals surface area (Å²) < 4.78 is 14.4. The van der Waals surface area contributed by atoms with Crippen LogP contribution < -0.4 is 16.0 Å². The van der Waals surface area contributed by atoms with Crippen molar-refractivity contribution in [3.8, 4) is 0 Å². The number of likely N-dealkylation sites (N-methyl/N-ethyl adjacent to an activating group) is 1. The van der Waals surface area contributed by atoms with Crippen LogP contribution in [0, 0.1) is 18.7 Å². The average molecular weight is 455 g/mol. The van der Waals surface area contributed by atoms with Crippen molar-refractivity contribution in [2.45, 2.75) is 52.4 Å². The highest BCUT2D eigenvalue weighted by Crippen LogP contribution is 2.36. The fourth-order valence-electron chi connectivity index (χ4n) is 3.96. The van der Waals surface area contributed by atoms with Gasteiger partial charge >= 0.3 is 0 Å². The largest absolute Gasteiger partial charge is 0.343 e. The van der Waals surface area contributed by atoms with Crippen molar-refractivity contribution in [3.63, 3.8) is 0 Å². The van der Waals surface area contributed by atoms with E-state index in [2.05, 4.69) is 16.0 Å². The number of nitrogens with zero attached hydrogens (tertiary/aromatic N) is 1. The predicted octanol–water partition coefficient (Wildman–Crippen LogP) is 2.90. The molecule has 3 rings (SSSR count). The van der Waals surface area contributed by atoms with Crippen LogP contribution in [0.5, 0.6) is 0 Å². The Morgan fingerprint density at radius 2 is 1.76 bits per heavy atom. The molecule has 0 aliphatic carbocycles. The Morgan fingerprint density at radius 1 is 1.06 bits per heavy atom. The molecule has 1 unspecified atom stereocenters. The number of aryl methyl sites for hydroxylation is 1. The van der Waals surface area contributed by atoms with E-state index in [1.54, 1.807) is 45.2 Å². The molecule has 0 bridgehead atoms. The van der Waals surface area contributed by atoms with Gasteiger partial charge in [-0.25, -0.2) is 4.39 Å². The molecule has 176 valence electrons. The minimum absolute atomic E-state index is 0.0934. The van der Waals surface area contributed by atoms with Gasteiger partial charge in [0.15, 0.2) is 0 Å². The molecule has 2 aromatic rings. The number of rotatable bonds is 7. The third-order valence-electron chi connectivity index (χ3n) is 6.06. The molecule has 3 N–H and O–H groups in total. The molecule has 0 saturated carbocycles. The number of amides is 3. The van der Waals surface area contributed by atoms with Crippen LogP contribution in [0.1, 0.15) is 43.5 Å². The van der Waals surface area contributed by atoms with Gasteiger partial charge in [-0.05, 0) is 49.6 Å². The van der Waals surface area contributed by atoms with E-state index < -0.39 is 29.8 Å². The first-order chi connectivity index (χ1) is 15.6. The van der Waals surface area contributed by atoms with Crippen molar-refractivity contribution in [2.24, 2.45) is 5.92 Å². The smallest absolute Gasteiger partial charge is 0.251 e. The summed E-state index contributed by atoms with van der Waals surface area (Å²) in [6, 6.07) is 9.65. The summed E-state index contributed by atoms with van der Waals surface area (Å²) in [7, 11) is 1.67. The average Bonchev–Trinajstić information content (AvgIpc) is 3.18. The van der Waals surface area contributed by atoms with Crippen LogP contribution in [0.4, 0.5) is 10.1 Å². The normalized spacial score (nSPS) is 16.8. The maximum Gasteiger partial charge on any atom is 0.251 e. The van der Waals surface area contributed by atoms with Crippen molar-refractivity contribution < 1.29 is 18.8 Å². The lowest BCUT2D eigenvalue weighted by Crippen LogP contribution is -2.55. The zero-order valence-corrected chi connectivity index (χ0v) is 19.6. The van der Waals surface area contributed by atoms with E-state index >= 15 is 0 Å². The fraction of sp³-hybridized carbons (Fsp3) is 0.400. The van der Waals surface area contributed by atoms with E-state index in [-0.39, 0.29) is 30.0 Å². The summed E-state index contributed by atoms with van der Waals surface area (Å²) in [6.45, 7) is 7.32. The van der Waals surface area contributed by atoms with Crippen LogP contribution in [0.15, 0.2) is 42.5 Å². The number of hydrogen-bond acceptors (Lipinski definition) is 4. The quantitative estimate of drug-likeness (QED) is 0.600. The van der Waals surface area contributed by atoms with Gasteiger partial charge in [-0.1, -0.05) is 50.2 Å². The highest BCUT2D eigenvalue weighted by molar-refractivity contribution is 6.00. The van der Waals surface area contributed by atoms with Gasteiger partial charge < -0.3 is 20.9 Å². The van der Waals surface area contributed by atoms with Crippen LogP contribution in [0.3, 0.4) is 0 Å². The second-order valence-corrected chi connectivity index (χ2v) is 8.73. The molecule has 7 nitrogen and oxygen atoms in total. The lowest BCUT2D eigenvalue weighted by Gasteiger charge is -2.31. The molecule has 8 heteroatoms. The summed E-state index contributed by atoms with van der Waals surface area (Å²) >= 11 is 0. The van der Waals surface area contributed by atoms with Crippen molar-refractivity contribution in [2.75, 3.05) is 12.4 Å². The summed E-state index contributed by atoms with van der Waals surface area (Å²) in [4.78, 5) is 41.0. The third kappa shape index (κ3) is 5.06. The molecular formula is C25H31FN4O3. The number of halogens is 1. The van der Waals surface area contributed by atoms with E-state index in [4.69, 9.17) is 0 Å². The first-order valence-corrected chi connectivity index (χ1v) is 11.1. The summed E-state index contributed by atoms with van der Waals surface area (Å²) in [5, 5.41) is 8.35. The fourth-order valence-corrected chi connectivity index (χ4v) is 3.96. The maximum absolute atomic E-state index is 14.4. The van der Waals surface area contributed by atoms with Crippen LogP contribution >= 0.6 is 0 Å². The number of benzene rings is 2. The van der Waals surface area contributed by atoms with Gasteiger partial charge in [0.1, 0.15) is 17.9 Å². The lowest BCUT2D eigenvalue weighted by molar-refractivity contribution is -0.143. The van der Waals surface area contributed by atoms with Crippen molar-refractivity contribution >= 4 is 23.4 Å². The first kappa shape index (κ1) is 24.4. The zero-order valence-electron chi connectivity index (χ0n) is 19.6. The zero-order chi connectivity index (χ0) is 24.3. The second-order valence-electron chi connectivity index (χ2n) is 8.73. The topological polar surface area (TPSA) is 90.5 Å². The molecule has 33 heavy (non-hydrogen) atoms. The van der Waals surface area contributed by atoms with E-state index in [1.807, 2.05) is 26.0 Å². The molecule has 3 atom stereocenters. The minimum Gasteiger partial charge on any atom is -0.343 e. The third-order valence-corrected chi connectivity index (χ3v) is 6.06. The number of carbonyl (C=O) groups is 3. The van der Waals surface area contributed by atoms with Crippen LogP contribution in [0.25, 0.3) is 0 Å². The molecule has 0 fully saturated rings. The molecule has 0 saturated heterocycles. The molecule has 0 radical (unpaired) electrons. The molecule has 1 aliphatic heterocycles. The van der Waals surface area contributed by atoms with Crippen LogP contribution in [-0.2, 0) is 20.9 Å². The highest BCUT2D eigenvalue weighted by atomic mass is 19.1. The molecule has 1 heterocycles. The van der Waals surface area contributed by atoms with Crippen LogP contribution in [0.2, 0.25) is 0 Å². The van der Waals surface area contributed by atoms with Gasteiger partial charge in [-0.3, -0.25) is 14.4 Å². The van der Waals surface area contributed by atoms with Gasteiger partial charge in [0.2, 0.25) is 11.8 Å². The van der Waals surface area contributed by atoms with E-state index in [0.29, 0.717) is 11.1 Å². The van der Waals surface area contributed by atoms with E-state index in [1.165, 1.54) is 11.0 Å². The Kier molecular flexibility index (Phi) is 7.48. The minimum atomic E-state index is -0.937. The van der Waals surface area contributed by atoms with Gasteiger partial charge in [0.25, 0.3) is 5.91 Å². The number of nitrogens with one attached hydrogen (secondary N) is 3. The predicted molar refractivity (Wildman–Crippen MR) is 125 cm³/mol. The SMILES string of the molecule is CN[C@@H](C)C(=O)N[C@H](C(=O)N1Cc2ccccc2C1C(=O)Nc1c(C)cccc1F)C(C)C. The number of carbonyl (C=O) groups excluding carboxylic acids is 3. The lowest BCUT2D eigenvalue weighted by atomic mass is 10.0. The van der Waals surface area contributed by atoms with Crippen molar-refractivity contribution in [3.05, 3.63) is 65.0 Å². The van der Waals surface area contributed by atoms with Crippen molar-refractivity contribution in [1.29, 1.82) is 0 Å². The standard InChI is InChI=1S/C25H31FN4O3/c1-14(2)20(28-23(31)16(4)27-5)25(33)30-13-17-10-6-7-11-18(17)22(30)24(32)29-21-15(3)9-8-12-19(21)26/h6-12,14,16,20,22,27H,13H2,1-5H3,(H,28,31)(H,29,32)/t16-,20-,22?/m0/s1. The van der Waals surface area contributed by atoms with Gasteiger partial charge in [0.05, 0.1) is 11.7 Å². The number of anilines is 1. The molecule has 0 aromatic heterocycles. The summed E-state index contributed by atoms with van der Waals surface area (Å²) in [6.07, 6.45) is 0. The summed E-state index contributed by atoms with van der Waals surface area (Å²) in [5.74, 6) is -1.90. The highest BCUT2D eigenvalue weighted by Gasteiger charge is 2.42.